The van der Waals surface area contributed by atoms with Gasteiger partial charge in [0.2, 0.25) is 0 Å². The first kappa shape index (κ1) is 11.9. The maximum absolute atomic E-state index is 10.6. The Morgan fingerprint density at radius 1 is 1.54 bits per heavy atom. The fourth-order valence-electron chi connectivity index (χ4n) is 1.07. The molecule has 0 aliphatic carbocycles. The quantitative estimate of drug-likeness (QED) is 0.506. The summed E-state index contributed by atoms with van der Waals surface area (Å²) in [7, 11) is 0. The molecule has 0 saturated carbocycles. The van der Waals surface area contributed by atoms with Gasteiger partial charge < -0.3 is 5.11 Å². The fraction of sp³-hybridized carbons (Fsp3) is 0.545. The first-order valence-electron chi connectivity index (χ1n) is 4.56. The molecule has 0 amide bonds. The first-order valence-corrected chi connectivity index (χ1v) is 4.56. The molecule has 0 aliphatic heterocycles. The average Bonchev–Trinajstić information content (AvgIpc) is 2.03. The van der Waals surface area contributed by atoms with Crippen LogP contribution in [-0.4, -0.2) is 11.1 Å². The van der Waals surface area contributed by atoms with Gasteiger partial charge in [-0.25, -0.2) is 0 Å². The summed E-state index contributed by atoms with van der Waals surface area (Å²) in [6, 6.07) is 0. The van der Waals surface area contributed by atoms with E-state index < -0.39 is 5.97 Å². The molecule has 0 bridgehead atoms. The zero-order chi connectivity index (χ0) is 10.3. The fourth-order valence-corrected chi connectivity index (χ4v) is 1.07. The number of allylic oxidation sites excluding steroid dienone is 2. The van der Waals surface area contributed by atoms with Crippen molar-refractivity contribution in [1.82, 2.24) is 0 Å². The van der Waals surface area contributed by atoms with E-state index in [1.165, 1.54) is 11.6 Å². The van der Waals surface area contributed by atoms with E-state index in [4.69, 9.17) is 5.11 Å². The minimum absolute atomic E-state index is 0.384. The summed E-state index contributed by atoms with van der Waals surface area (Å²) in [4.78, 5) is 10.6. The van der Waals surface area contributed by atoms with E-state index in [1.807, 2.05) is 13.8 Å². The molecule has 0 fully saturated rings. The normalized spacial score (nSPS) is 11.8. The summed E-state index contributed by atoms with van der Waals surface area (Å²) < 4.78 is 0. The summed E-state index contributed by atoms with van der Waals surface area (Å²) in [5, 5.41) is 8.70. The minimum atomic E-state index is -0.771. The van der Waals surface area contributed by atoms with Crippen LogP contribution in [0, 0.1) is 5.92 Å². The Bertz CT molecular complexity index is 200. The third-order valence-electron chi connectivity index (χ3n) is 1.87. The van der Waals surface area contributed by atoms with Gasteiger partial charge in [0.15, 0.2) is 0 Å². The van der Waals surface area contributed by atoms with Gasteiger partial charge in [-0.05, 0) is 33.1 Å². The van der Waals surface area contributed by atoms with Crippen LogP contribution in [0.2, 0.25) is 0 Å². The maximum Gasteiger partial charge on any atom is 0.310 e. The third-order valence-corrected chi connectivity index (χ3v) is 1.87. The van der Waals surface area contributed by atoms with E-state index >= 15 is 0 Å². The Hall–Kier alpha value is -1.05. The summed E-state index contributed by atoms with van der Waals surface area (Å²) in [5.74, 6) is -1.15. The molecule has 0 aromatic rings. The second-order valence-corrected chi connectivity index (χ2v) is 3.39. The second-order valence-electron chi connectivity index (χ2n) is 3.39. The number of hydrogen-bond donors (Lipinski definition) is 1. The SMILES string of the molecule is C=CC(CCCC=C(C)C)C(=O)O. The topological polar surface area (TPSA) is 37.3 Å². The van der Waals surface area contributed by atoms with Crippen molar-refractivity contribution in [1.29, 1.82) is 0 Å². The van der Waals surface area contributed by atoms with Crippen molar-refractivity contribution in [2.75, 3.05) is 0 Å². The molecule has 0 spiro atoms. The van der Waals surface area contributed by atoms with Crippen molar-refractivity contribution in [3.8, 4) is 0 Å². The summed E-state index contributed by atoms with van der Waals surface area (Å²) in [6.45, 7) is 7.59. The highest BCUT2D eigenvalue weighted by Gasteiger charge is 2.11. The highest BCUT2D eigenvalue weighted by Crippen LogP contribution is 2.10. The molecule has 13 heavy (non-hydrogen) atoms. The van der Waals surface area contributed by atoms with Crippen molar-refractivity contribution in [2.45, 2.75) is 33.1 Å². The monoisotopic (exact) mass is 182 g/mol. The van der Waals surface area contributed by atoms with Crippen LogP contribution in [-0.2, 0) is 4.79 Å². The molecule has 1 N–H and O–H groups in total. The van der Waals surface area contributed by atoms with Gasteiger partial charge in [-0.1, -0.05) is 17.7 Å². The number of carbonyl (C=O) groups is 1. The molecular weight excluding hydrogens is 164 g/mol. The average molecular weight is 182 g/mol. The van der Waals surface area contributed by atoms with E-state index in [0.29, 0.717) is 6.42 Å². The number of hydrogen-bond acceptors (Lipinski definition) is 1. The molecule has 1 unspecified atom stereocenters. The van der Waals surface area contributed by atoms with Crippen molar-refractivity contribution in [3.63, 3.8) is 0 Å². The lowest BCUT2D eigenvalue weighted by Crippen LogP contribution is -2.10. The smallest absolute Gasteiger partial charge is 0.310 e. The Kier molecular flexibility index (Phi) is 5.94. The first-order chi connectivity index (χ1) is 6.07. The molecule has 0 aliphatic rings. The molecule has 0 aromatic carbocycles. The van der Waals surface area contributed by atoms with E-state index in [0.717, 1.165) is 12.8 Å². The van der Waals surface area contributed by atoms with Gasteiger partial charge in [0.05, 0.1) is 5.92 Å². The number of carboxylic acids is 1. The van der Waals surface area contributed by atoms with Crippen LogP contribution in [0.4, 0.5) is 0 Å². The predicted octanol–water partition coefficient (Wildman–Crippen LogP) is 3.01. The lowest BCUT2D eigenvalue weighted by molar-refractivity contribution is -0.140. The number of rotatable bonds is 6. The molecule has 0 radical (unpaired) electrons. The second kappa shape index (κ2) is 6.46. The van der Waals surface area contributed by atoms with Gasteiger partial charge in [0.1, 0.15) is 0 Å². The van der Waals surface area contributed by atoms with E-state index in [1.54, 1.807) is 0 Å². The van der Waals surface area contributed by atoms with Gasteiger partial charge in [-0.15, -0.1) is 6.58 Å². The molecule has 0 aromatic heterocycles. The van der Waals surface area contributed by atoms with Crippen LogP contribution in [0.15, 0.2) is 24.3 Å². The Morgan fingerprint density at radius 3 is 2.54 bits per heavy atom. The molecule has 2 nitrogen and oxygen atoms in total. The van der Waals surface area contributed by atoms with Crippen molar-refractivity contribution in [3.05, 3.63) is 24.3 Å². The zero-order valence-corrected chi connectivity index (χ0v) is 8.42. The Morgan fingerprint density at radius 2 is 2.15 bits per heavy atom. The van der Waals surface area contributed by atoms with Gasteiger partial charge in [0.25, 0.3) is 0 Å². The summed E-state index contributed by atoms with van der Waals surface area (Å²) in [5.41, 5.74) is 1.28. The standard InChI is InChI=1S/C11H18O2/c1-4-10(11(12)13)8-6-5-7-9(2)3/h4,7,10H,1,5-6,8H2,2-3H3,(H,12,13). The highest BCUT2D eigenvalue weighted by molar-refractivity contribution is 5.71. The zero-order valence-electron chi connectivity index (χ0n) is 8.42. The van der Waals surface area contributed by atoms with Crippen LogP contribution in [0.3, 0.4) is 0 Å². The predicted molar refractivity (Wildman–Crippen MR) is 54.6 cm³/mol. The van der Waals surface area contributed by atoms with Gasteiger partial charge in [-0.2, -0.15) is 0 Å². The van der Waals surface area contributed by atoms with Crippen LogP contribution in [0.1, 0.15) is 33.1 Å². The molecule has 1 atom stereocenters. The molecular formula is C11H18O2. The van der Waals surface area contributed by atoms with Gasteiger partial charge in [0, 0.05) is 0 Å². The number of aliphatic carboxylic acids is 1. The minimum Gasteiger partial charge on any atom is -0.481 e. The van der Waals surface area contributed by atoms with Crippen molar-refractivity contribution < 1.29 is 9.90 Å². The van der Waals surface area contributed by atoms with Crippen LogP contribution < -0.4 is 0 Å². The lowest BCUT2D eigenvalue weighted by Gasteiger charge is -2.04. The van der Waals surface area contributed by atoms with Gasteiger partial charge >= 0.3 is 5.97 Å². The number of unbranched alkanes of at least 4 members (excludes halogenated alkanes) is 1. The maximum atomic E-state index is 10.6. The molecule has 74 valence electrons. The van der Waals surface area contributed by atoms with Crippen molar-refractivity contribution in [2.24, 2.45) is 5.92 Å². The van der Waals surface area contributed by atoms with Crippen LogP contribution >= 0.6 is 0 Å². The van der Waals surface area contributed by atoms with Gasteiger partial charge in [-0.3, -0.25) is 4.79 Å². The molecule has 0 saturated heterocycles. The molecule has 0 heterocycles. The largest absolute Gasteiger partial charge is 0.481 e. The van der Waals surface area contributed by atoms with Crippen LogP contribution in [0.5, 0.6) is 0 Å². The Labute approximate surface area is 80.0 Å². The Balaban J connectivity index is 3.68. The van der Waals surface area contributed by atoms with E-state index in [9.17, 15) is 4.79 Å². The van der Waals surface area contributed by atoms with Crippen molar-refractivity contribution >= 4 is 5.97 Å². The molecule has 0 rings (SSSR count). The number of carboxylic acid groups (broad SMARTS) is 1. The summed E-state index contributed by atoms with van der Waals surface area (Å²) in [6.07, 6.45) is 6.18. The summed E-state index contributed by atoms with van der Waals surface area (Å²) >= 11 is 0. The van der Waals surface area contributed by atoms with Crippen LogP contribution in [0.25, 0.3) is 0 Å². The third kappa shape index (κ3) is 6.14. The van der Waals surface area contributed by atoms with E-state index in [-0.39, 0.29) is 5.92 Å². The lowest BCUT2D eigenvalue weighted by atomic mass is 10.0. The van der Waals surface area contributed by atoms with E-state index in [2.05, 4.69) is 12.7 Å². The molecule has 2 heteroatoms. The highest BCUT2D eigenvalue weighted by atomic mass is 16.4.